The summed E-state index contributed by atoms with van der Waals surface area (Å²) in [5, 5.41) is 8.09. The fourth-order valence-corrected chi connectivity index (χ4v) is 2.62. The first kappa shape index (κ1) is 13.7. The standard InChI is InChI=1S/C14H14N4O2S/c1-10-12(8-18-9-15-17-14(18)21(2)19)16-13(20-10)11-6-4-3-5-7-11/h3-7,9H,8H2,1-2H3/t21-/m1/s1. The average molecular weight is 302 g/mol. The van der Waals surface area contributed by atoms with E-state index in [1.54, 1.807) is 17.2 Å². The number of aromatic nitrogens is 4. The summed E-state index contributed by atoms with van der Waals surface area (Å²) < 4.78 is 19.0. The smallest absolute Gasteiger partial charge is 0.226 e. The highest BCUT2D eigenvalue weighted by atomic mass is 32.2. The third kappa shape index (κ3) is 2.78. The molecule has 21 heavy (non-hydrogen) atoms. The van der Waals surface area contributed by atoms with Crippen molar-refractivity contribution in [1.29, 1.82) is 0 Å². The molecule has 0 N–H and O–H groups in total. The minimum Gasteiger partial charge on any atom is -0.441 e. The molecule has 3 rings (SSSR count). The molecule has 0 amide bonds. The van der Waals surface area contributed by atoms with Crippen molar-refractivity contribution in [3.05, 3.63) is 48.1 Å². The topological polar surface area (TPSA) is 73.8 Å². The highest BCUT2D eigenvalue weighted by molar-refractivity contribution is 7.84. The van der Waals surface area contributed by atoms with Gasteiger partial charge in [0.25, 0.3) is 0 Å². The molecule has 108 valence electrons. The zero-order valence-corrected chi connectivity index (χ0v) is 12.5. The van der Waals surface area contributed by atoms with Gasteiger partial charge in [0.05, 0.1) is 17.3 Å². The van der Waals surface area contributed by atoms with Crippen LogP contribution < -0.4 is 0 Å². The molecule has 0 spiro atoms. The summed E-state index contributed by atoms with van der Waals surface area (Å²) >= 11 is 0. The molecule has 0 aliphatic carbocycles. The van der Waals surface area contributed by atoms with Gasteiger partial charge in [0, 0.05) is 11.8 Å². The SMILES string of the molecule is Cc1oc(-c2ccccc2)nc1Cn1cnnc1[S@@](C)=O. The largest absolute Gasteiger partial charge is 0.441 e. The Morgan fingerprint density at radius 1 is 1.29 bits per heavy atom. The molecule has 2 heterocycles. The minimum absolute atomic E-state index is 0.429. The summed E-state index contributed by atoms with van der Waals surface area (Å²) in [6, 6.07) is 9.71. The second-order valence-corrected chi connectivity index (χ2v) is 5.86. The van der Waals surface area contributed by atoms with E-state index >= 15 is 0 Å². The molecular formula is C14H14N4O2S. The van der Waals surface area contributed by atoms with Crippen LogP contribution in [0.1, 0.15) is 11.5 Å². The van der Waals surface area contributed by atoms with Crippen molar-refractivity contribution in [2.45, 2.75) is 18.6 Å². The minimum atomic E-state index is -1.19. The molecule has 7 heteroatoms. The zero-order chi connectivity index (χ0) is 14.8. The highest BCUT2D eigenvalue weighted by Gasteiger charge is 2.15. The second-order valence-electron chi connectivity index (χ2n) is 4.58. The molecular weight excluding hydrogens is 288 g/mol. The summed E-state index contributed by atoms with van der Waals surface area (Å²) in [6.07, 6.45) is 3.12. The van der Waals surface area contributed by atoms with Crippen LogP contribution in [0.2, 0.25) is 0 Å². The van der Waals surface area contributed by atoms with Crippen molar-refractivity contribution in [3.63, 3.8) is 0 Å². The van der Waals surface area contributed by atoms with E-state index in [0.29, 0.717) is 17.6 Å². The maximum atomic E-state index is 11.6. The first-order valence-corrected chi connectivity index (χ1v) is 7.94. The van der Waals surface area contributed by atoms with Gasteiger partial charge in [0.2, 0.25) is 11.0 Å². The number of benzene rings is 1. The Morgan fingerprint density at radius 3 is 2.76 bits per heavy atom. The van der Waals surface area contributed by atoms with Crippen LogP contribution in [0.15, 0.2) is 46.2 Å². The van der Waals surface area contributed by atoms with Crippen LogP contribution in [-0.4, -0.2) is 30.2 Å². The van der Waals surface area contributed by atoms with Gasteiger partial charge in [-0.15, -0.1) is 10.2 Å². The van der Waals surface area contributed by atoms with Gasteiger partial charge in [0.15, 0.2) is 0 Å². The summed E-state index contributed by atoms with van der Waals surface area (Å²) in [5.74, 6) is 1.31. The first-order valence-electron chi connectivity index (χ1n) is 6.38. The Hall–Kier alpha value is -2.28. The van der Waals surface area contributed by atoms with Crippen molar-refractivity contribution in [2.24, 2.45) is 0 Å². The van der Waals surface area contributed by atoms with E-state index < -0.39 is 10.8 Å². The van der Waals surface area contributed by atoms with Crippen molar-refractivity contribution in [1.82, 2.24) is 19.7 Å². The monoisotopic (exact) mass is 302 g/mol. The molecule has 0 fully saturated rings. The van der Waals surface area contributed by atoms with Crippen LogP contribution in [0.3, 0.4) is 0 Å². The summed E-state index contributed by atoms with van der Waals surface area (Å²) in [5.41, 5.74) is 1.70. The molecule has 0 unspecified atom stereocenters. The van der Waals surface area contributed by atoms with E-state index in [2.05, 4.69) is 15.2 Å². The Morgan fingerprint density at radius 2 is 2.05 bits per heavy atom. The van der Waals surface area contributed by atoms with Crippen LogP contribution in [0, 0.1) is 6.92 Å². The van der Waals surface area contributed by atoms with Crippen LogP contribution in [0.25, 0.3) is 11.5 Å². The number of aryl methyl sites for hydroxylation is 1. The van der Waals surface area contributed by atoms with E-state index in [0.717, 1.165) is 17.0 Å². The maximum absolute atomic E-state index is 11.6. The molecule has 0 saturated heterocycles. The molecule has 2 aromatic heterocycles. The number of hydrogen-bond acceptors (Lipinski definition) is 5. The fourth-order valence-electron chi connectivity index (χ4n) is 2.02. The lowest BCUT2D eigenvalue weighted by molar-refractivity contribution is 0.536. The van der Waals surface area contributed by atoms with Gasteiger partial charge in [-0.25, -0.2) is 4.98 Å². The first-order chi connectivity index (χ1) is 10.1. The number of nitrogens with zero attached hydrogens (tertiary/aromatic N) is 4. The van der Waals surface area contributed by atoms with E-state index in [9.17, 15) is 4.21 Å². The normalized spacial score (nSPS) is 12.5. The third-order valence-corrected chi connectivity index (χ3v) is 3.90. The van der Waals surface area contributed by atoms with Gasteiger partial charge in [-0.1, -0.05) is 18.2 Å². The van der Waals surface area contributed by atoms with E-state index in [-0.39, 0.29) is 0 Å². The van der Waals surface area contributed by atoms with Gasteiger partial charge in [-0.3, -0.25) is 4.21 Å². The lowest BCUT2D eigenvalue weighted by atomic mass is 10.2. The average Bonchev–Trinajstić information content (AvgIpc) is 3.08. The van der Waals surface area contributed by atoms with Crippen molar-refractivity contribution >= 4 is 10.8 Å². The van der Waals surface area contributed by atoms with Crippen LogP contribution in [0.4, 0.5) is 0 Å². The van der Waals surface area contributed by atoms with Crippen molar-refractivity contribution in [2.75, 3.05) is 6.26 Å². The highest BCUT2D eigenvalue weighted by Crippen LogP contribution is 2.22. The number of hydrogen-bond donors (Lipinski definition) is 0. The van der Waals surface area contributed by atoms with E-state index in [4.69, 9.17) is 4.42 Å². The maximum Gasteiger partial charge on any atom is 0.226 e. The summed E-state index contributed by atoms with van der Waals surface area (Å²) in [4.78, 5) is 4.51. The van der Waals surface area contributed by atoms with E-state index in [1.165, 1.54) is 0 Å². The van der Waals surface area contributed by atoms with Crippen LogP contribution in [0.5, 0.6) is 0 Å². The quantitative estimate of drug-likeness (QED) is 0.737. The van der Waals surface area contributed by atoms with E-state index in [1.807, 2.05) is 37.3 Å². The van der Waals surface area contributed by atoms with Gasteiger partial charge in [-0.2, -0.15) is 0 Å². The number of rotatable bonds is 4. The molecule has 3 aromatic rings. The van der Waals surface area contributed by atoms with Crippen LogP contribution >= 0.6 is 0 Å². The summed E-state index contributed by atoms with van der Waals surface area (Å²) in [6.45, 7) is 2.30. The van der Waals surface area contributed by atoms with Crippen molar-refractivity contribution in [3.8, 4) is 11.5 Å². The Labute approximate surface area is 124 Å². The molecule has 0 radical (unpaired) electrons. The third-order valence-electron chi connectivity index (χ3n) is 3.07. The Balaban J connectivity index is 1.92. The fraction of sp³-hybridized carbons (Fsp3) is 0.214. The van der Waals surface area contributed by atoms with Gasteiger partial charge in [0.1, 0.15) is 17.8 Å². The lowest BCUT2D eigenvalue weighted by Crippen LogP contribution is -2.06. The lowest BCUT2D eigenvalue weighted by Gasteiger charge is -2.01. The predicted octanol–water partition coefficient (Wildman–Crippen LogP) is 2.03. The predicted molar refractivity (Wildman–Crippen MR) is 78.1 cm³/mol. The molecule has 0 saturated carbocycles. The van der Waals surface area contributed by atoms with Crippen LogP contribution in [-0.2, 0) is 17.3 Å². The Bertz CT molecular complexity index is 779. The van der Waals surface area contributed by atoms with Crippen molar-refractivity contribution < 1.29 is 8.63 Å². The molecule has 1 atom stereocenters. The molecule has 0 bridgehead atoms. The summed E-state index contributed by atoms with van der Waals surface area (Å²) in [7, 11) is -1.19. The zero-order valence-electron chi connectivity index (χ0n) is 11.7. The van der Waals surface area contributed by atoms with Gasteiger partial charge < -0.3 is 8.98 Å². The molecule has 0 aliphatic heterocycles. The Kier molecular flexibility index (Phi) is 3.66. The van der Waals surface area contributed by atoms with Gasteiger partial charge in [-0.05, 0) is 19.1 Å². The molecule has 0 aliphatic rings. The number of oxazole rings is 1. The second kappa shape index (κ2) is 5.61. The molecule has 6 nitrogen and oxygen atoms in total. The van der Waals surface area contributed by atoms with Gasteiger partial charge >= 0.3 is 0 Å². The molecule has 1 aromatic carbocycles.